The van der Waals surface area contributed by atoms with Gasteiger partial charge in [0.2, 0.25) is 0 Å². The normalized spacial score (nSPS) is 13.0. The van der Waals surface area contributed by atoms with Crippen molar-refractivity contribution in [1.29, 1.82) is 0 Å². The minimum atomic E-state index is -0.460. The van der Waals surface area contributed by atoms with Crippen molar-refractivity contribution in [1.82, 2.24) is 0 Å². The van der Waals surface area contributed by atoms with E-state index in [0.717, 1.165) is 18.4 Å². The highest BCUT2D eigenvalue weighted by molar-refractivity contribution is 7.20. The predicted octanol–water partition coefficient (Wildman–Crippen LogP) is 5.45. The Labute approximate surface area is 111 Å². The van der Waals surface area contributed by atoms with Crippen molar-refractivity contribution >= 4 is 34.5 Å². The summed E-state index contributed by atoms with van der Waals surface area (Å²) in [5, 5.41) is 9.93. The number of aliphatic hydroxyl groups excluding tert-OH is 1. The highest BCUT2D eigenvalue weighted by Gasteiger charge is 2.14. The average Bonchev–Trinajstić information content (AvgIpc) is 2.57. The van der Waals surface area contributed by atoms with Gasteiger partial charge in [-0.05, 0) is 12.5 Å². The summed E-state index contributed by atoms with van der Waals surface area (Å²) in [6.07, 6.45) is 6.32. The third-order valence-corrected chi connectivity index (χ3v) is 4.14. The van der Waals surface area contributed by atoms with Gasteiger partial charge in [-0.15, -0.1) is 11.3 Å². The molecule has 0 bridgehead atoms. The predicted molar refractivity (Wildman–Crippen MR) is 72.7 cm³/mol. The summed E-state index contributed by atoms with van der Waals surface area (Å²) in [6.45, 7) is 2.20. The van der Waals surface area contributed by atoms with Crippen LogP contribution in [0.25, 0.3) is 0 Å². The Balaban J connectivity index is 2.29. The Morgan fingerprint density at radius 3 is 2.50 bits per heavy atom. The van der Waals surface area contributed by atoms with Gasteiger partial charge in [0.05, 0.1) is 10.4 Å². The second kappa shape index (κ2) is 7.54. The van der Waals surface area contributed by atoms with Gasteiger partial charge in [0.15, 0.2) is 0 Å². The molecule has 1 rings (SSSR count). The maximum atomic E-state index is 9.93. The first-order valence-electron chi connectivity index (χ1n) is 5.78. The smallest absolute Gasteiger partial charge is 0.100 e. The van der Waals surface area contributed by atoms with E-state index < -0.39 is 6.10 Å². The van der Waals surface area contributed by atoms with Gasteiger partial charge in [-0.1, -0.05) is 62.2 Å². The monoisotopic (exact) mass is 280 g/mol. The van der Waals surface area contributed by atoms with Crippen LogP contribution in [0, 0.1) is 0 Å². The molecular weight excluding hydrogens is 263 g/mol. The van der Waals surface area contributed by atoms with E-state index in [4.69, 9.17) is 23.2 Å². The Morgan fingerprint density at radius 2 is 1.94 bits per heavy atom. The molecule has 92 valence electrons. The Bertz CT molecular complexity index is 312. The number of hydrogen-bond donors (Lipinski definition) is 1. The standard InChI is InChI=1S/C12H18Cl2OS/c1-2-3-4-5-6-7-10(15)9-8-11(13)16-12(9)14/h8,10,15H,2-7H2,1H3. The molecule has 0 aliphatic heterocycles. The van der Waals surface area contributed by atoms with Crippen LogP contribution in [-0.4, -0.2) is 5.11 Å². The summed E-state index contributed by atoms with van der Waals surface area (Å²) in [6, 6.07) is 1.77. The number of hydrogen-bond acceptors (Lipinski definition) is 2. The van der Waals surface area contributed by atoms with Gasteiger partial charge in [-0.3, -0.25) is 0 Å². The van der Waals surface area contributed by atoms with Crippen molar-refractivity contribution in [3.05, 3.63) is 20.3 Å². The fourth-order valence-corrected chi connectivity index (χ4v) is 3.24. The lowest BCUT2D eigenvalue weighted by atomic mass is 10.0. The summed E-state index contributed by atoms with van der Waals surface area (Å²) in [5.41, 5.74) is 0.784. The largest absolute Gasteiger partial charge is 0.388 e. The zero-order chi connectivity index (χ0) is 12.0. The minimum Gasteiger partial charge on any atom is -0.388 e. The Hall–Kier alpha value is 0.240. The van der Waals surface area contributed by atoms with E-state index in [9.17, 15) is 5.11 Å². The van der Waals surface area contributed by atoms with Crippen LogP contribution in [0.15, 0.2) is 6.07 Å². The van der Waals surface area contributed by atoms with Crippen molar-refractivity contribution in [2.75, 3.05) is 0 Å². The molecule has 0 aliphatic rings. The molecule has 1 heterocycles. The van der Waals surface area contributed by atoms with Crippen molar-refractivity contribution in [3.8, 4) is 0 Å². The first-order chi connectivity index (χ1) is 7.65. The van der Waals surface area contributed by atoms with Gasteiger partial charge in [0.1, 0.15) is 4.34 Å². The molecule has 0 fully saturated rings. The van der Waals surface area contributed by atoms with E-state index in [-0.39, 0.29) is 0 Å². The van der Waals surface area contributed by atoms with Crippen LogP contribution in [0.3, 0.4) is 0 Å². The first kappa shape index (κ1) is 14.3. The van der Waals surface area contributed by atoms with Crippen LogP contribution in [0.4, 0.5) is 0 Å². The van der Waals surface area contributed by atoms with E-state index in [1.54, 1.807) is 6.07 Å². The average molecular weight is 281 g/mol. The molecule has 4 heteroatoms. The molecule has 1 N–H and O–H groups in total. The quantitative estimate of drug-likeness (QED) is 0.659. The van der Waals surface area contributed by atoms with Crippen LogP contribution >= 0.6 is 34.5 Å². The fraction of sp³-hybridized carbons (Fsp3) is 0.667. The molecule has 0 amide bonds. The molecule has 1 aromatic heterocycles. The zero-order valence-corrected chi connectivity index (χ0v) is 11.8. The number of aliphatic hydroxyl groups is 1. The fourth-order valence-electron chi connectivity index (χ4n) is 1.68. The number of unbranched alkanes of at least 4 members (excludes halogenated alkanes) is 4. The van der Waals surface area contributed by atoms with E-state index in [1.165, 1.54) is 37.0 Å². The maximum absolute atomic E-state index is 9.93. The number of halogens is 2. The minimum absolute atomic E-state index is 0.460. The molecule has 1 aromatic rings. The van der Waals surface area contributed by atoms with Gasteiger partial charge in [0, 0.05) is 5.56 Å². The van der Waals surface area contributed by atoms with E-state index >= 15 is 0 Å². The van der Waals surface area contributed by atoms with Crippen LogP contribution in [-0.2, 0) is 0 Å². The molecule has 0 radical (unpaired) electrons. The molecule has 1 unspecified atom stereocenters. The van der Waals surface area contributed by atoms with Gasteiger partial charge in [-0.25, -0.2) is 0 Å². The lowest BCUT2D eigenvalue weighted by Gasteiger charge is -2.09. The second-order valence-electron chi connectivity index (χ2n) is 4.00. The molecule has 0 saturated carbocycles. The zero-order valence-electron chi connectivity index (χ0n) is 9.51. The highest BCUT2D eigenvalue weighted by atomic mass is 35.5. The van der Waals surface area contributed by atoms with Crippen LogP contribution in [0.1, 0.15) is 57.1 Å². The Kier molecular flexibility index (Phi) is 6.74. The van der Waals surface area contributed by atoms with Crippen molar-refractivity contribution in [2.45, 2.75) is 51.6 Å². The van der Waals surface area contributed by atoms with Gasteiger partial charge >= 0.3 is 0 Å². The van der Waals surface area contributed by atoms with Crippen LogP contribution in [0.5, 0.6) is 0 Å². The molecule has 1 nitrogen and oxygen atoms in total. The lowest BCUT2D eigenvalue weighted by molar-refractivity contribution is 0.164. The molecule has 16 heavy (non-hydrogen) atoms. The number of rotatable bonds is 7. The molecule has 0 spiro atoms. The van der Waals surface area contributed by atoms with Gasteiger partial charge in [0.25, 0.3) is 0 Å². The SMILES string of the molecule is CCCCCCCC(O)c1cc(Cl)sc1Cl. The van der Waals surface area contributed by atoms with E-state index in [2.05, 4.69) is 6.92 Å². The summed E-state index contributed by atoms with van der Waals surface area (Å²) >= 11 is 13.1. The third-order valence-electron chi connectivity index (χ3n) is 2.62. The summed E-state index contributed by atoms with van der Waals surface area (Å²) < 4.78 is 1.26. The van der Waals surface area contributed by atoms with Crippen molar-refractivity contribution in [2.24, 2.45) is 0 Å². The molecule has 0 aliphatic carbocycles. The summed E-state index contributed by atoms with van der Waals surface area (Å²) in [4.78, 5) is 0. The summed E-state index contributed by atoms with van der Waals surface area (Å²) in [7, 11) is 0. The maximum Gasteiger partial charge on any atom is 0.100 e. The van der Waals surface area contributed by atoms with Crippen molar-refractivity contribution < 1.29 is 5.11 Å². The van der Waals surface area contributed by atoms with E-state index in [1.807, 2.05) is 0 Å². The highest BCUT2D eigenvalue weighted by Crippen LogP contribution is 2.36. The molecule has 0 saturated heterocycles. The lowest BCUT2D eigenvalue weighted by Crippen LogP contribution is -1.96. The first-order valence-corrected chi connectivity index (χ1v) is 7.35. The second-order valence-corrected chi connectivity index (χ2v) is 6.28. The van der Waals surface area contributed by atoms with Crippen LogP contribution in [0.2, 0.25) is 8.67 Å². The van der Waals surface area contributed by atoms with E-state index in [0.29, 0.717) is 8.67 Å². The van der Waals surface area contributed by atoms with Gasteiger partial charge in [-0.2, -0.15) is 0 Å². The number of thiophene rings is 1. The van der Waals surface area contributed by atoms with Crippen LogP contribution < -0.4 is 0 Å². The molecule has 0 aromatic carbocycles. The van der Waals surface area contributed by atoms with Gasteiger partial charge < -0.3 is 5.11 Å². The molecule has 1 atom stereocenters. The topological polar surface area (TPSA) is 20.2 Å². The molecular formula is C12H18Cl2OS. The Morgan fingerprint density at radius 1 is 1.25 bits per heavy atom. The van der Waals surface area contributed by atoms with Crippen molar-refractivity contribution in [3.63, 3.8) is 0 Å². The summed E-state index contributed by atoms with van der Waals surface area (Å²) in [5.74, 6) is 0. The third kappa shape index (κ3) is 4.62.